The van der Waals surface area contributed by atoms with E-state index in [9.17, 15) is 0 Å². The number of rotatable bonds is 5. The normalized spacial score (nSPS) is 13.8. The van der Waals surface area contributed by atoms with E-state index in [-0.39, 0.29) is 0 Å². The lowest BCUT2D eigenvalue weighted by Crippen LogP contribution is -2.19. The van der Waals surface area contributed by atoms with Crippen LogP contribution < -0.4 is 5.32 Å². The van der Waals surface area contributed by atoms with Gasteiger partial charge in [0.2, 0.25) is 0 Å². The van der Waals surface area contributed by atoms with E-state index in [0.717, 1.165) is 23.2 Å². The van der Waals surface area contributed by atoms with Crippen molar-refractivity contribution < 1.29 is 0 Å². The molecule has 0 aliphatic rings. The molecule has 0 amide bonds. The van der Waals surface area contributed by atoms with E-state index < -0.39 is 0 Å². The standard InChI is InChI=1S/C15H22N2/c1-5-11(2)9-13(4)17-15-12(3)7-6-8-14(15)10-16/h6-8,11,13,17H,5,9H2,1-4H3. The fourth-order valence-electron chi connectivity index (χ4n) is 2.03. The van der Waals surface area contributed by atoms with Crippen molar-refractivity contribution in [1.82, 2.24) is 0 Å². The van der Waals surface area contributed by atoms with Gasteiger partial charge in [0.05, 0.1) is 11.3 Å². The number of nitrogens with zero attached hydrogens (tertiary/aromatic N) is 1. The molecular formula is C15H22N2. The number of benzene rings is 1. The third-order valence-corrected chi connectivity index (χ3v) is 3.24. The van der Waals surface area contributed by atoms with Crippen molar-refractivity contribution >= 4 is 5.69 Å². The number of aryl methyl sites for hydroxylation is 1. The minimum atomic E-state index is 0.401. The van der Waals surface area contributed by atoms with Gasteiger partial charge in [-0.3, -0.25) is 0 Å². The second-order valence-corrected chi connectivity index (χ2v) is 4.90. The molecule has 1 aromatic rings. The third kappa shape index (κ3) is 3.78. The lowest BCUT2D eigenvalue weighted by molar-refractivity contribution is 0.483. The van der Waals surface area contributed by atoms with Gasteiger partial charge in [0, 0.05) is 6.04 Å². The summed E-state index contributed by atoms with van der Waals surface area (Å²) in [7, 11) is 0. The summed E-state index contributed by atoms with van der Waals surface area (Å²) in [6.07, 6.45) is 2.33. The third-order valence-electron chi connectivity index (χ3n) is 3.24. The van der Waals surface area contributed by atoms with Gasteiger partial charge in [0.15, 0.2) is 0 Å². The molecule has 92 valence electrons. The lowest BCUT2D eigenvalue weighted by atomic mass is 9.99. The van der Waals surface area contributed by atoms with Crippen molar-refractivity contribution in [1.29, 1.82) is 5.26 Å². The topological polar surface area (TPSA) is 35.8 Å². The van der Waals surface area contributed by atoms with Gasteiger partial charge in [-0.15, -0.1) is 0 Å². The molecule has 0 saturated carbocycles. The number of hydrogen-bond acceptors (Lipinski definition) is 2. The molecular weight excluding hydrogens is 208 g/mol. The van der Waals surface area contributed by atoms with Gasteiger partial charge >= 0.3 is 0 Å². The van der Waals surface area contributed by atoms with Crippen LogP contribution in [0.5, 0.6) is 0 Å². The van der Waals surface area contributed by atoms with Crippen molar-refractivity contribution in [2.24, 2.45) is 5.92 Å². The first kappa shape index (κ1) is 13.6. The van der Waals surface area contributed by atoms with E-state index in [1.807, 2.05) is 25.1 Å². The zero-order valence-electron chi connectivity index (χ0n) is 11.2. The highest BCUT2D eigenvalue weighted by Gasteiger charge is 2.10. The summed E-state index contributed by atoms with van der Waals surface area (Å²) in [5, 5.41) is 12.6. The maximum absolute atomic E-state index is 9.09. The van der Waals surface area contributed by atoms with Crippen molar-refractivity contribution in [3.8, 4) is 6.07 Å². The zero-order chi connectivity index (χ0) is 12.8. The smallest absolute Gasteiger partial charge is 0.101 e. The van der Waals surface area contributed by atoms with Crippen LogP contribution in [-0.2, 0) is 0 Å². The maximum atomic E-state index is 9.09. The summed E-state index contributed by atoms with van der Waals surface area (Å²) in [6.45, 7) is 8.70. The molecule has 0 aliphatic carbocycles. The minimum Gasteiger partial charge on any atom is -0.381 e. The Labute approximate surface area is 105 Å². The number of anilines is 1. The second kappa shape index (κ2) is 6.30. The molecule has 1 aromatic carbocycles. The monoisotopic (exact) mass is 230 g/mol. The van der Waals surface area contributed by atoms with Crippen LogP contribution in [0, 0.1) is 24.2 Å². The zero-order valence-corrected chi connectivity index (χ0v) is 11.2. The van der Waals surface area contributed by atoms with E-state index in [1.165, 1.54) is 6.42 Å². The molecule has 0 radical (unpaired) electrons. The summed E-state index contributed by atoms with van der Waals surface area (Å²) in [5.41, 5.74) is 2.87. The number of nitrogens with one attached hydrogen (secondary N) is 1. The lowest BCUT2D eigenvalue weighted by Gasteiger charge is -2.20. The summed E-state index contributed by atoms with van der Waals surface area (Å²) in [6, 6.07) is 8.48. The summed E-state index contributed by atoms with van der Waals surface area (Å²) < 4.78 is 0. The Morgan fingerprint density at radius 3 is 2.65 bits per heavy atom. The molecule has 1 rings (SSSR count). The van der Waals surface area contributed by atoms with Gasteiger partial charge in [-0.05, 0) is 37.8 Å². The fraction of sp³-hybridized carbons (Fsp3) is 0.533. The van der Waals surface area contributed by atoms with E-state index in [4.69, 9.17) is 5.26 Å². The van der Waals surface area contributed by atoms with Gasteiger partial charge in [-0.2, -0.15) is 5.26 Å². The van der Waals surface area contributed by atoms with Crippen LogP contribution in [0.1, 0.15) is 44.7 Å². The molecule has 2 atom stereocenters. The Morgan fingerprint density at radius 1 is 1.35 bits per heavy atom. The highest BCUT2D eigenvalue weighted by molar-refractivity contribution is 5.62. The van der Waals surface area contributed by atoms with Crippen LogP contribution in [0.25, 0.3) is 0 Å². The minimum absolute atomic E-state index is 0.401. The quantitative estimate of drug-likeness (QED) is 0.826. The molecule has 0 aliphatic heterocycles. The highest BCUT2D eigenvalue weighted by atomic mass is 14.9. The largest absolute Gasteiger partial charge is 0.381 e. The summed E-state index contributed by atoms with van der Waals surface area (Å²) in [4.78, 5) is 0. The Kier molecular flexibility index (Phi) is 5.03. The maximum Gasteiger partial charge on any atom is 0.101 e. The SMILES string of the molecule is CCC(C)CC(C)Nc1c(C)cccc1C#N. The molecule has 0 saturated heterocycles. The predicted molar refractivity (Wildman–Crippen MR) is 73.1 cm³/mol. The van der Waals surface area contributed by atoms with Gasteiger partial charge in [0.1, 0.15) is 6.07 Å². The van der Waals surface area contributed by atoms with E-state index in [2.05, 4.69) is 32.2 Å². The molecule has 0 heterocycles. The van der Waals surface area contributed by atoms with E-state index in [0.29, 0.717) is 12.0 Å². The van der Waals surface area contributed by atoms with Crippen LogP contribution in [0.3, 0.4) is 0 Å². The first-order valence-electron chi connectivity index (χ1n) is 6.34. The molecule has 0 fully saturated rings. The van der Waals surface area contributed by atoms with Crippen LogP contribution in [0.15, 0.2) is 18.2 Å². The second-order valence-electron chi connectivity index (χ2n) is 4.90. The van der Waals surface area contributed by atoms with Crippen molar-refractivity contribution in [2.75, 3.05) is 5.32 Å². The van der Waals surface area contributed by atoms with Crippen LogP contribution in [0.2, 0.25) is 0 Å². The van der Waals surface area contributed by atoms with Crippen molar-refractivity contribution in [2.45, 2.75) is 46.6 Å². The van der Waals surface area contributed by atoms with Crippen LogP contribution in [-0.4, -0.2) is 6.04 Å². The van der Waals surface area contributed by atoms with Crippen molar-refractivity contribution in [3.63, 3.8) is 0 Å². The van der Waals surface area contributed by atoms with E-state index >= 15 is 0 Å². The average Bonchev–Trinajstić information content (AvgIpc) is 2.31. The number of para-hydroxylation sites is 1. The Morgan fingerprint density at radius 2 is 2.06 bits per heavy atom. The van der Waals surface area contributed by atoms with Crippen LogP contribution in [0.4, 0.5) is 5.69 Å². The Bertz CT molecular complexity index is 404. The molecule has 17 heavy (non-hydrogen) atoms. The molecule has 0 aromatic heterocycles. The van der Waals surface area contributed by atoms with Gasteiger partial charge < -0.3 is 5.32 Å². The van der Waals surface area contributed by atoms with Gasteiger partial charge in [0.25, 0.3) is 0 Å². The van der Waals surface area contributed by atoms with Gasteiger partial charge in [-0.1, -0.05) is 32.4 Å². The Hall–Kier alpha value is -1.49. The van der Waals surface area contributed by atoms with Crippen LogP contribution >= 0.6 is 0 Å². The first-order valence-corrected chi connectivity index (χ1v) is 6.34. The first-order chi connectivity index (χ1) is 8.08. The van der Waals surface area contributed by atoms with E-state index in [1.54, 1.807) is 0 Å². The molecule has 1 N–H and O–H groups in total. The summed E-state index contributed by atoms with van der Waals surface area (Å²) >= 11 is 0. The van der Waals surface area contributed by atoms with Crippen molar-refractivity contribution in [3.05, 3.63) is 29.3 Å². The summed E-state index contributed by atoms with van der Waals surface area (Å²) in [5.74, 6) is 0.715. The predicted octanol–water partition coefficient (Wildman–Crippen LogP) is 4.10. The highest BCUT2D eigenvalue weighted by Crippen LogP contribution is 2.22. The molecule has 0 spiro atoms. The molecule has 2 heteroatoms. The molecule has 2 unspecified atom stereocenters. The van der Waals surface area contributed by atoms with Gasteiger partial charge in [-0.25, -0.2) is 0 Å². The molecule has 0 bridgehead atoms. The average molecular weight is 230 g/mol. The molecule has 2 nitrogen and oxygen atoms in total. The Balaban J connectivity index is 2.78. The number of hydrogen-bond donors (Lipinski definition) is 1. The number of nitriles is 1. The fourth-order valence-corrected chi connectivity index (χ4v) is 2.03.